The number of hydrogen-bond acceptors (Lipinski definition) is 6. The molecule has 0 radical (unpaired) electrons. The summed E-state index contributed by atoms with van der Waals surface area (Å²) in [5.74, 6) is -0.488. The van der Waals surface area contributed by atoms with Gasteiger partial charge in [0, 0.05) is 50.8 Å². The molecule has 1 aliphatic rings. The van der Waals surface area contributed by atoms with E-state index in [9.17, 15) is 13.2 Å². The second-order valence-electron chi connectivity index (χ2n) is 8.32. The van der Waals surface area contributed by atoms with Crippen LogP contribution >= 0.6 is 0 Å². The van der Waals surface area contributed by atoms with Gasteiger partial charge in [0.15, 0.2) is 0 Å². The molecule has 1 amide bonds. The number of carbonyl (C=O) groups is 1. The second kappa shape index (κ2) is 9.94. The number of anilines is 1. The molecule has 3 heterocycles. The Balaban J connectivity index is 1.51. The molecule has 34 heavy (non-hydrogen) atoms. The molecule has 3 aromatic rings. The van der Waals surface area contributed by atoms with E-state index in [4.69, 9.17) is 0 Å². The summed E-state index contributed by atoms with van der Waals surface area (Å²) in [5, 5.41) is 6.81. The van der Waals surface area contributed by atoms with Crippen LogP contribution in [0.25, 0.3) is 0 Å². The topological polar surface area (TPSA) is 100 Å². The van der Waals surface area contributed by atoms with Crippen LogP contribution in [-0.4, -0.2) is 59.6 Å². The molecule has 1 aliphatic heterocycles. The molecule has 0 atom stereocenters. The van der Waals surface area contributed by atoms with Crippen molar-refractivity contribution in [3.8, 4) is 0 Å². The molecular weight excluding hydrogens is 452 g/mol. The van der Waals surface area contributed by atoms with Gasteiger partial charge in [-0.1, -0.05) is 18.2 Å². The largest absolute Gasteiger partial charge is 0.369 e. The van der Waals surface area contributed by atoms with E-state index < -0.39 is 15.9 Å². The Bertz CT molecular complexity index is 1270. The summed E-state index contributed by atoms with van der Waals surface area (Å²) in [6.07, 6.45) is 3.14. The first-order valence-electron chi connectivity index (χ1n) is 11.4. The van der Waals surface area contributed by atoms with Crippen molar-refractivity contribution < 1.29 is 13.2 Å². The van der Waals surface area contributed by atoms with E-state index in [1.54, 1.807) is 18.3 Å². The molecule has 1 aromatic carbocycles. The van der Waals surface area contributed by atoms with Crippen LogP contribution in [0.2, 0.25) is 0 Å². The number of aryl methyl sites for hydroxylation is 2. The molecule has 1 N–H and O–H groups in total. The predicted octanol–water partition coefficient (Wildman–Crippen LogP) is 2.36. The fourth-order valence-corrected chi connectivity index (χ4v) is 5.57. The predicted molar refractivity (Wildman–Crippen MR) is 130 cm³/mol. The Labute approximate surface area is 200 Å². The summed E-state index contributed by atoms with van der Waals surface area (Å²) in [4.78, 5) is 19.3. The van der Waals surface area contributed by atoms with Gasteiger partial charge in [-0.15, -0.1) is 0 Å². The number of carbonyl (C=O) groups excluding carboxylic acids is 1. The molecule has 4 rings (SSSR count). The van der Waals surface area contributed by atoms with Crippen molar-refractivity contribution in [3.05, 3.63) is 71.2 Å². The minimum atomic E-state index is -3.94. The van der Waals surface area contributed by atoms with Gasteiger partial charge in [0.05, 0.1) is 17.8 Å². The van der Waals surface area contributed by atoms with Gasteiger partial charge < -0.3 is 10.2 Å². The van der Waals surface area contributed by atoms with E-state index in [2.05, 4.69) is 46.3 Å². The number of hydrogen-bond donors (Lipinski definition) is 1. The Morgan fingerprint density at radius 3 is 2.50 bits per heavy atom. The molecule has 9 nitrogen and oxygen atoms in total. The molecule has 0 spiro atoms. The van der Waals surface area contributed by atoms with Crippen molar-refractivity contribution in [3.63, 3.8) is 0 Å². The van der Waals surface area contributed by atoms with E-state index in [0.29, 0.717) is 38.4 Å². The summed E-state index contributed by atoms with van der Waals surface area (Å²) in [6, 6.07) is 11.6. The highest BCUT2D eigenvalue weighted by molar-refractivity contribution is 7.89. The highest BCUT2D eigenvalue weighted by Crippen LogP contribution is 2.26. The fraction of sp³-hybridized carbons (Fsp3) is 0.375. The number of nitrogens with zero attached hydrogens (tertiary/aromatic N) is 5. The maximum atomic E-state index is 13.5. The van der Waals surface area contributed by atoms with Gasteiger partial charge in [-0.05, 0) is 50.1 Å². The van der Waals surface area contributed by atoms with Crippen molar-refractivity contribution in [1.29, 1.82) is 0 Å². The van der Waals surface area contributed by atoms with Crippen molar-refractivity contribution in [2.75, 3.05) is 31.1 Å². The van der Waals surface area contributed by atoms with E-state index in [0.717, 1.165) is 5.69 Å². The summed E-state index contributed by atoms with van der Waals surface area (Å²) < 4.78 is 29.9. The lowest BCUT2D eigenvalue weighted by Gasteiger charge is -2.36. The first-order valence-corrected chi connectivity index (χ1v) is 12.8. The summed E-state index contributed by atoms with van der Waals surface area (Å²) in [6.45, 7) is 8.44. The van der Waals surface area contributed by atoms with Gasteiger partial charge in [-0.3, -0.25) is 14.5 Å². The number of rotatable bonds is 7. The lowest BCUT2D eigenvalue weighted by Crippen LogP contribution is -2.49. The van der Waals surface area contributed by atoms with Gasteiger partial charge in [0.1, 0.15) is 0 Å². The van der Waals surface area contributed by atoms with Gasteiger partial charge >= 0.3 is 0 Å². The number of aromatic nitrogens is 3. The van der Waals surface area contributed by atoms with Crippen LogP contribution in [0.1, 0.15) is 34.1 Å². The maximum absolute atomic E-state index is 13.5. The minimum Gasteiger partial charge on any atom is -0.369 e. The smallest absolute Gasteiger partial charge is 0.263 e. The van der Waals surface area contributed by atoms with Crippen molar-refractivity contribution in [2.24, 2.45) is 0 Å². The SMILES string of the molecule is CCn1cc(C(=O)NCc2ccccn2)c(S(=O)(=O)N2CCN(c3cccc(C)c3C)CC2)n1. The fourth-order valence-electron chi connectivity index (χ4n) is 4.05. The van der Waals surface area contributed by atoms with Crippen LogP contribution in [-0.2, 0) is 23.1 Å². The van der Waals surface area contributed by atoms with Crippen LogP contribution in [0.4, 0.5) is 5.69 Å². The molecule has 0 aliphatic carbocycles. The maximum Gasteiger partial charge on any atom is 0.263 e. The molecule has 0 unspecified atom stereocenters. The first-order chi connectivity index (χ1) is 16.3. The van der Waals surface area contributed by atoms with Crippen LogP contribution in [0, 0.1) is 13.8 Å². The van der Waals surface area contributed by atoms with Gasteiger partial charge in [0.25, 0.3) is 15.9 Å². The van der Waals surface area contributed by atoms with E-state index in [1.165, 1.54) is 26.3 Å². The summed E-state index contributed by atoms with van der Waals surface area (Å²) in [7, 11) is -3.94. The van der Waals surface area contributed by atoms with E-state index in [1.807, 2.05) is 19.1 Å². The molecule has 180 valence electrons. The Hall–Kier alpha value is -3.24. The van der Waals surface area contributed by atoms with Crippen LogP contribution in [0.5, 0.6) is 0 Å². The number of amides is 1. The van der Waals surface area contributed by atoms with Gasteiger partial charge in [0.2, 0.25) is 5.03 Å². The third-order valence-corrected chi connectivity index (χ3v) is 8.03. The molecule has 2 aromatic heterocycles. The average Bonchev–Trinajstić information content (AvgIpc) is 3.31. The molecular formula is C24H30N6O3S. The lowest BCUT2D eigenvalue weighted by molar-refractivity contribution is 0.0947. The third-order valence-electron chi connectivity index (χ3n) is 6.19. The standard InChI is InChI=1S/C24H30N6O3S/c1-4-29-17-21(23(31)26-16-20-9-5-6-11-25-20)24(27-29)34(32,33)30-14-12-28(13-15-30)22-10-7-8-18(2)19(22)3/h5-11,17H,4,12-16H2,1-3H3,(H,26,31). The van der Waals surface area contributed by atoms with Gasteiger partial charge in [-0.25, -0.2) is 8.42 Å². The zero-order valence-electron chi connectivity index (χ0n) is 19.7. The Kier molecular flexibility index (Phi) is 6.99. The van der Waals surface area contributed by atoms with Crippen molar-refractivity contribution in [1.82, 2.24) is 24.4 Å². The zero-order valence-corrected chi connectivity index (χ0v) is 20.5. The third kappa shape index (κ3) is 4.83. The van der Waals surface area contributed by atoms with E-state index >= 15 is 0 Å². The van der Waals surface area contributed by atoms with Gasteiger partial charge in [-0.2, -0.15) is 9.40 Å². The van der Waals surface area contributed by atoms with E-state index in [-0.39, 0.29) is 17.1 Å². The average molecular weight is 483 g/mol. The molecule has 10 heteroatoms. The quantitative estimate of drug-likeness (QED) is 0.555. The number of nitrogens with one attached hydrogen (secondary N) is 1. The van der Waals surface area contributed by atoms with Crippen molar-refractivity contribution in [2.45, 2.75) is 38.9 Å². The minimum absolute atomic E-state index is 0.0507. The number of pyridine rings is 1. The highest BCUT2D eigenvalue weighted by atomic mass is 32.2. The normalized spacial score (nSPS) is 14.9. The number of piperazine rings is 1. The van der Waals surface area contributed by atoms with Crippen LogP contribution in [0.3, 0.4) is 0 Å². The van der Waals surface area contributed by atoms with Crippen molar-refractivity contribution >= 4 is 21.6 Å². The Morgan fingerprint density at radius 1 is 1.06 bits per heavy atom. The monoisotopic (exact) mass is 482 g/mol. The first kappa shape index (κ1) is 23.9. The molecule has 0 saturated carbocycles. The summed E-state index contributed by atoms with van der Waals surface area (Å²) in [5.41, 5.74) is 4.27. The molecule has 1 saturated heterocycles. The number of sulfonamides is 1. The zero-order chi connectivity index (χ0) is 24.3. The molecule has 0 bridgehead atoms. The highest BCUT2D eigenvalue weighted by Gasteiger charge is 2.35. The Morgan fingerprint density at radius 2 is 1.82 bits per heavy atom. The van der Waals surface area contributed by atoms with Crippen LogP contribution in [0.15, 0.2) is 53.8 Å². The molecule has 1 fully saturated rings. The second-order valence-corrected chi connectivity index (χ2v) is 10.2. The lowest BCUT2D eigenvalue weighted by atomic mass is 10.1. The summed E-state index contributed by atoms with van der Waals surface area (Å²) >= 11 is 0. The van der Waals surface area contributed by atoms with Crippen LogP contribution < -0.4 is 10.2 Å². The number of benzene rings is 1.